The Labute approximate surface area is 84.3 Å². The summed E-state index contributed by atoms with van der Waals surface area (Å²) in [5.41, 5.74) is 0.522. The van der Waals surface area contributed by atoms with Gasteiger partial charge in [-0.15, -0.1) is 0 Å². The SMILES string of the molecule is CNCC(O)c1cc(C(C)(C)C)on1. The molecule has 0 radical (unpaired) electrons. The molecule has 4 heteroatoms. The van der Waals surface area contributed by atoms with E-state index in [0.717, 1.165) is 5.76 Å². The smallest absolute Gasteiger partial charge is 0.142 e. The lowest BCUT2D eigenvalue weighted by molar-refractivity contribution is 0.166. The molecular formula is C10H18N2O2. The first kappa shape index (κ1) is 11.2. The number of hydrogen-bond acceptors (Lipinski definition) is 4. The Morgan fingerprint density at radius 2 is 2.21 bits per heavy atom. The summed E-state index contributed by atoms with van der Waals surface area (Å²) in [7, 11) is 1.79. The van der Waals surface area contributed by atoms with Crippen LogP contribution in [0.25, 0.3) is 0 Å². The molecule has 14 heavy (non-hydrogen) atoms. The summed E-state index contributed by atoms with van der Waals surface area (Å²) in [6.07, 6.45) is -0.597. The Bertz CT molecular complexity index is 289. The Kier molecular flexibility index (Phi) is 3.29. The molecule has 4 nitrogen and oxygen atoms in total. The Morgan fingerprint density at radius 3 is 2.64 bits per heavy atom. The highest BCUT2D eigenvalue weighted by atomic mass is 16.5. The van der Waals surface area contributed by atoms with Crippen molar-refractivity contribution in [2.24, 2.45) is 0 Å². The van der Waals surface area contributed by atoms with Crippen LogP contribution in [0.15, 0.2) is 10.6 Å². The molecule has 80 valence electrons. The second kappa shape index (κ2) is 4.11. The fourth-order valence-corrected chi connectivity index (χ4v) is 1.10. The number of aliphatic hydroxyl groups excluding tert-OH is 1. The molecule has 0 aliphatic heterocycles. The van der Waals surface area contributed by atoms with Crippen molar-refractivity contribution < 1.29 is 9.63 Å². The molecule has 0 spiro atoms. The number of nitrogens with one attached hydrogen (secondary N) is 1. The van der Waals surface area contributed by atoms with Crippen LogP contribution >= 0.6 is 0 Å². The fraction of sp³-hybridized carbons (Fsp3) is 0.700. The van der Waals surface area contributed by atoms with E-state index in [2.05, 4.69) is 10.5 Å². The monoisotopic (exact) mass is 198 g/mol. The van der Waals surface area contributed by atoms with Gasteiger partial charge in [0.2, 0.25) is 0 Å². The lowest BCUT2D eigenvalue weighted by Gasteiger charge is -2.12. The van der Waals surface area contributed by atoms with Crippen molar-refractivity contribution in [2.75, 3.05) is 13.6 Å². The van der Waals surface area contributed by atoms with Gasteiger partial charge in [0, 0.05) is 18.0 Å². The zero-order valence-corrected chi connectivity index (χ0v) is 9.16. The van der Waals surface area contributed by atoms with Gasteiger partial charge in [-0.1, -0.05) is 25.9 Å². The molecule has 0 saturated heterocycles. The first-order valence-corrected chi connectivity index (χ1v) is 4.75. The van der Waals surface area contributed by atoms with Crippen LogP contribution in [0, 0.1) is 0 Å². The van der Waals surface area contributed by atoms with Crippen molar-refractivity contribution in [1.82, 2.24) is 10.5 Å². The third-order valence-electron chi connectivity index (χ3n) is 2.01. The van der Waals surface area contributed by atoms with Crippen LogP contribution in [0.4, 0.5) is 0 Å². The topological polar surface area (TPSA) is 58.3 Å². The van der Waals surface area contributed by atoms with E-state index in [4.69, 9.17) is 4.52 Å². The number of aromatic nitrogens is 1. The normalized spacial score (nSPS) is 14.4. The molecule has 1 heterocycles. The molecule has 0 amide bonds. The number of nitrogens with zero attached hydrogens (tertiary/aromatic N) is 1. The Morgan fingerprint density at radius 1 is 1.57 bits per heavy atom. The summed E-state index contributed by atoms with van der Waals surface area (Å²) in [4.78, 5) is 0. The number of rotatable bonds is 3. The van der Waals surface area contributed by atoms with E-state index in [-0.39, 0.29) is 5.41 Å². The summed E-state index contributed by atoms with van der Waals surface area (Å²) in [6.45, 7) is 6.61. The molecule has 1 aromatic heterocycles. The molecule has 0 bridgehead atoms. The van der Waals surface area contributed by atoms with Crippen LogP contribution in [-0.4, -0.2) is 23.9 Å². The van der Waals surface area contributed by atoms with Gasteiger partial charge in [-0.25, -0.2) is 0 Å². The van der Waals surface area contributed by atoms with Crippen molar-refractivity contribution >= 4 is 0 Å². The van der Waals surface area contributed by atoms with Gasteiger partial charge in [-0.2, -0.15) is 0 Å². The predicted molar refractivity (Wildman–Crippen MR) is 54.1 cm³/mol. The molecule has 1 unspecified atom stereocenters. The van der Waals surface area contributed by atoms with Gasteiger partial charge < -0.3 is 14.9 Å². The molecule has 1 atom stereocenters. The van der Waals surface area contributed by atoms with E-state index < -0.39 is 6.10 Å². The number of aliphatic hydroxyl groups is 1. The maximum absolute atomic E-state index is 9.61. The minimum Gasteiger partial charge on any atom is -0.385 e. The molecule has 0 fully saturated rings. The van der Waals surface area contributed by atoms with Crippen molar-refractivity contribution in [2.45, 2.75) is 32.3 Å². The average molecular weight is 198 g/mol. The summed E-state index contributed by atoms with van der Waals surface area (Å²) in [5, 5.41) is 16.3. The van der Waals surface area contributed by atoms with Crippen molar-refractivity contribution in [1.29, 1.82) is 0 Å². The van der Waals surface area contributed by atoms with Gasteiger partial charge >= 0.3 is 0 Å². The first-order valence-electron chi connectivity index (χ1n) is 4.75. The largest absolute Gasteiger partial charge is 0.385 e. The fourth-order valence-electron chi connectivity index (χ4n) is 1.10. The maximum atomic E-state index is 9.61. The van der Waals surface area contributed by atoms with E-state index in [9.17, 15) is 5.11 Å². The number of likely N-dealkylation sites (N-methyl/N-ethyl adjacent to an activating group) is 1. The van der Waals surface area contributed by atoms with E-state index in [1.807, 2.05) is 26.8 Å². The molecule has 0 aliphatic rings. The highest BCUT2D eigenvalue weighted by Gasteiger charge is 2.21. The van der Waals surface area contributed by atoms with E-state index in [1.165, 1.54) is 0 Å². The highest BCUT2D eigenvalue weighted by Crippen LogP contribution is 2.24. The molecule has 0 aromatic carbocycles. The third-order valence-corrected chi connectivity index (χ3v) is 2.01. The molecule has 0 aliphatic carbocycles. The summed E-state index contributed by atoms with van der Waals surface area (Å²) in [5.74, 6) is 0.794. The molecule has 2 N–H and O–H groups in total. The molecule has 0 saturated carbocycles. The van der Waals surface area contributed by atoms with Crippen LogP contribution in [0.5, 0.6) is 0 Å². The summed E-state index contributed by atoms with van der Waals surface area (Å²) in [6, 6.07) is 1.81. The molecular weight excluding hydrogens is 180 g/mol. The van der Waals surface area contributed by atoms with E-state index in [1.54, 1.807) is 7.05 Å². The second-order valence-corrected chi connectivity index (χ2v) is 4.44. The third kappa shape index (κ3) is 2.56. The number of hydrogen-bond donors (Lipinski definition) is 2. The van der Waals surface area contributed by atoms with E-state index in [0.29, 0.717) is 12.2 Å². The highest BCUT2D eigenvalue weighted by molar-refractivity contribution is 5.14. The predicted octanol–water partition coefficient (Wildman–Crippen LogP) is 1.22. The van der Waals surface area contributed by atoms with Gasteiger partial charge in [0.25, 0.3) is 0 Å². The zero-order chi connectivity index (χ0) is 10.8. The van der Waals surface area contributed by atoms with Crippen LogP contribution < -0.4 is 5.32 Å². The zero-order valence-electron chi connectivity index (χ0n) is 9.16. The second-order valence-electron chi connectivity index (χ2n) is 4.44. The summed E-state index contributed by atoms with van der Waals surface area (Å²) < 4.78 is 5.16. The minimum absolute atomic E-state index is 0.0649. The standard InChI is InChI=1S/C10H18N2O2/c1-10(2,3)9-5-7(12-14-9)8(13)6-11-4/h5,8,11,13H,6H2,1-4H3. The maximum Gasteiger partial charge on any atom is 0.142 e. The van der Waals surface area contributed by atoms with Crippen molar-refractivity contribution in [3.63, 3.8) is 0 Å². The van der Waals surface area contributed by atoms with Gasteiger partial charge in [0.05, 0.1) is 0 Å². The van der Waals surface area contributed by atoms with Gasteiger partial charge in [0.1, 0.15) is 17.6 Å². The van der Waals surface area contributed by atoms with Gasteiger partial charge in [0.15, 0.2) is 0 Å². The quantitative estimate of drug-likeness (QED) is 0.766. The van der Waals surface area contributed by atoms with Crippen molar-refractivity contribution in [3.05, 3.63) is 17.5 Å². The Hall–Kier alpha value is -0.870. The van der Waals surface area contributed by atoms with Crippen LogP contribution in [0.2, 0.25) is 0 Å². The minimum atomic E-state index is -0.597. The summed E-state index contributed by atoms with van der Waals surface area (Å²) >= 11 is 0. The van der Waals surface area contributed by atoms with Crippen LogP contribution in [0.3, 0.4) is 0 Å². The molecule has 1 aromatic rings. The Balaban J connectivity index is 2.78. The van der Waals surface area contributed by atoms with Gasteiger partial charge in [-0.3, -0.25) is 0 Å². The van der Waals surface area contributed by atoms with Gasteiger partial charge in [-0.05, 0) is 7.05 Å². The lowest BCUT2D eigenvalue weighted by atomic mass is 9.93. The average Bonchev–Trinajstić information content (AvgIpc) is 2.51. The lowest BCUT2D eigenvalue weighted by Crippen LogP contribution is -2.17. The van der Waals surface area contributed by atoms with E-state index >= 15 is 0 Å². The first-order chi connectivity index (χ1) is 6.45. The van der Waals surface area contributed by atoms with Crippen LogP contribution in [-0.2, 0) is 5.41 Å². The van der Waals surface area contributed by atoms with Crippen molar-refractivity contribution in [3.8, 4) is 0 Å². The molecule has 1 rings (SSSR count). The van der Waals surface area contributed by atoms with Crippen LogP contribution in [0.1, 0.15) is 38.3 Å².